The minimum absolute atomic E-state index is 0.142. The number of fused-ring (bicyclic) bond motifs is 1. The Balaban J connectivity index is 1.25. The number of carbonyl (C=O) groups is 2. The van der Waals surface area contributed by atoms with Crippen molar-refractivity contribution in [1.29, 1.82) is 0 Å². The van der Waals surface area contributed by atoms with Gasteiger partial charge in [-0.1, -0.05) is 36.4 Å². The number of pyridine rings is 1. The predicted molar refractivity (Wildman–Crippen MR) is 157 cm³/mol. The van der Waals surface area contributed by atoms with Crippen molar-refractivity contribution in [2.24, 2.45) is 0 Å². The molecule has 202 valence electrons. The van der Waals surface area contributed by atoms with E-state index in [9.17, 15) is 9.59 Å². The number of nitrogens with zero attached hydrogens (tertiary/aromatic N) is 3. The first kappa shape index (κ1) is 25.8. The third-order valence-electron chi connectivity index (χ3n) is 6.85. The van der Waals surface area contributed by atoms with E-state index in [0.29, 0.717) is 29.4 Å². The number of imidazole rings is 1. The molecular formula is C33H27N5O3. The van der Waals surface area contributed by atoms with Crippen molar-refractivity contribution in [3.63, 3.8) is 0 Å². The SMILES string of the molecule is CC(c1nc2ccccc2[nH]1)N(C(=O)c1ccccc1)c1ccc(-c2ccc(C(=O)NCc3ccccn3)o2)cc1. The standard InChI is InChI=1S/C33H27N5O3/c1-22(31-36-27-12-5-6-13-28(27)37-31)38(33(40)24-9-3-2-4-10-24)26-16-14-23(15-17-26)29-18-19-30(41-29)32(39)35-21-25-11-7-8-20-34-25/h2-20,22H,21H2,1H3,(H,35,39)(H,36,37). The van der Waals surface area contributed by atoms with Crippen molar-refractivity contribution in [3.05, 3.63) is 138 Å². The van der Waals surface area contributed by atoms with Crippen molar-refractivity contribution in [1.82, 2.24) is 20.3 Å². The molecule has 0 radical (unpaired) electrons. The number of anilines is 1. The van der Waals surface area contributed by atoms with Crippen LogP contribution < -0.4 is 10.2 Å². The van der Waals surface area contributed by atoms with Crippen LogP contribution in [0.5, 0.6) is 0 Å². The lowest BCUT2D eigenvalue weighted by molar-refractivity contribution is 0.0922. The predicted octanol–water partition coefficient (Wildman–Crippen LogP) is 6.56. The molecule has 8 heteroatoms. The molecule has 0 saturated carbocycles. The van der Waals surface area contributed by atoms with E-state index in [2.05, 4.69) is 15.3 Å². The van der Waals surface area contributed by atoms with Crippen LogP contribution in [0.2, 0.25) is 0 Å². The highest BCUT2D eigenvalue weighted by Crippen LogP contribution is 2.31. The molecule has 1 atom stereocenters. The first-order chi connectivity index (χ1) is 20.1. The van der Waals surface area contributed by atoms with E-state index in [4.69, 9.17) is 9.40 Å². The molecule has 8 nitrogen and oxygen atoms in total. The summed E-state index contributed by atoms with van der Waals surface area (Å²) >= 11 is 0. The second-order valence-corrected chi connectivity index (χ2v) is 9.57. The van der Waals surface area contributed by atoms with E-state index in [0.717, 1.165) is 22.3 Å². The molecule has 41 heavy (non-hydrogen) atoms. The Labute approximate surface area is 236 Å². The third-order valence-corrected chi connectivity index (χ3v) is 6.85. The first-order valence-electron chi connectivity index (χ1n) is 13.3. The second-order valence-electron chi connectivity index (χ2n) is 9.57. The maximum Gasteiger partial charge on any atom is 0.287 e. The summed E-state index contributed by atoms with van der Waals surface area (Å²) in [7, 11) is 0. The molecule has 0 spiro atoms. The number of carbonyl (C=O) groups excluding carboxylic acids is 2. The summed E-state index contributed by atoms with van der Waals surface area (Å²) in [5.74, 6) is 0.978. The van der Waals surface area contributed by atoms with Gasteiger partial charge in [-0.15, -0.1) is 0 Å². The number of amides is 2. The number of aromatic nitrogens is 3. The van der Waals surface area contributed by atoms with Gasteiger partial charge in [-0.05, 0) is 79.7 Å². The molecule has 2 amide bonds. The van der Waals surface area contributed by atoms with Crippen molar-refractivity contribution >= 4 is 28.5 Å². The zero-order chi connectivity index (χ0) is 28.2. The monoisotopic (exact) mass is 541 g/mol. The maximum atomic E-state index is 13.8. The molecule has 3 aromatic carbocycles. The molecule has 3 aromatic heterocycles. The minimum Gasteiger partial charge on any atom is -0.451 e. The number of H-pyrrole nitrogens is 1. The fourth-order valence-corrected chi connectivity index (χ4v) is 4.69. The van der Waals surface area contributed by atoms with Crippen LogP contribution >= 0.6 is 0 Å². The normalized spacial score (nSPS) is 11.7. The van der Waals surface area contributed by atoms with Crippen molar-refractivity contribution in [3.8, 4) is 11.3 Å². The van der Waals surface area contributed by atoms with Crippen molar-refractivity contribution < 1.29 is 14.0 Å². The number of para-hydroxylation sites is 2. The van der Waals surface area contributed by atoms with Crippen LogP contribution in [0.4, 0.5) is 5.69 Å². The fourth-order valence-electron chi connectivity index (χ4n) is 4.69. The van der Waals surface area contributed by atoms with Gasteiger partial charge in [-0.25, -0.2) is 4.98 Å². The lowest BCUT2D eigenvalue weighted by Gasteiger charge is -2.28. The van der Waals surface area contributed by atoms with E-state index in [1.165, 1.54) is 0 Å². The van der Waals surface area contributed by atoms with Gasteiger partial charge in [0.1, 0.15) is 11.6 Å². The van der Waals surface area contributed by atoms with Gasteiger partial charge in [0.25, 0.3) is 11.8 Å². The maximum absolute atomic E-state index is 13.8. The molecule has 6 rings (SSSR count). The quantitative estimate of drug-likeness (QED) is 0.227. The summed E-state index contributed by atoms with van der Waals surface area (Å²) < 4.78 is 5.86. The number of nitrogens with one attached hydrogen (secondary N) is 2. The van der Waals surface area contributed by atoms with E-state index < -0.39 is 0 Å². The van der Waals surface area contributed by atoms with Gasteiger partial charge in [-0.3, -0.25) is 19.5 Å². The largest absolute Gasteiger partial charge is 0.451 e. The summed E-state index contributed by atoms with van der Waals surface area (Å²) in [6.45, 7) is 2.26. The summed E-state index contributed by atoms with van der Waals surface area (Å²) in [6, 6.07) is 33.0. The summed E-state index contributed by atoms with van der Waals surface area (Å²) in [5.41, 5.74) is 4.57. The van der Waals surface area contributed by atoms with Gasteiger partial charge in [0, 0.05) is 23.0 Å². The fraction of sp³-hybridized carbons (Fsp3) is 0.0909. The molecule has 0 bridgehead atoms. The van der Waals surface area contributed by atoms with Crippen LogP contribution in [-0.2, 0) is 6.54 Å². The van der Waals surface area contributed by atoms with Gasteiger partial charge in [-0.2, -0.15) is 0 Å². The number of aromatic amines is 1. The van der Waals surface area contributed by atoms with E-state index >= 15 is 0 Å². The molecule has 0 saturated heterocycles. The van der Waals surface area contributed by atoms with Crippen molar-refractivity contribution in [2.75, 3.05) is 4.90 Å². The minimum atomic E-state index is -0.376. The average Bonchev–Trinajstić information content (AvgIpc) is 3.69. The molecule has 0 aliphatic rings. The molecule has 3 heterocycles. The van der Waals surface area contributed by atoms with Crippen LogP contribution in [0, 0.1) is 0 Å². The lowest BCUT2D eigenvalue weighted by Crippen LogP contribution is -2.34. The molecule has 0 fully saturated rings. The Morgan fingerprint density at radius 1 is 0.878 bits per heavy atom. The molecule has 2 N–H and O–H groups in total. The first-order valence-corrected chi connectivity index (χ1v) is 13.3. The Kier molecular flexibility index (Phi) is 7.11. The summed E-state index contributed by atoms with van der Waals surface area (Å²) in [5, 5.41) is 2.82. The summed E-state index contributed by atoms with van der Waals surface area (Å²) in [4.78, 5) is 40.4. The van der Waals surface area contributed by atoms with Gasteiger partial charge in [0.2, 0.25) is 0 Å². The Hall–Kier alpha value is -5.50. The number of hydrogen-bond acceptors (Lipinski definition) is 5. The zero-order valence-corrected chi connectivity index (χ0v) is 22.3. The third kappa shape index (κ3) is 5.49. The summed E-state index contributed by atoms with van der Waals surface area (Å²) in [6.07, 6.45) is 1.68. The Morgan fingerprint density at radius 2 is 1.63 bits per heavy atom. The zero-order valence-electron chi connectivity index (χ0n) is 22.3. The van der Waals surface area contributed by atoms with E-state index in [1.807, 2.05) is 91.9 Å². The van der Waals surface area contributed by atoms with Crippen LogP contribution in [0.25, 0.3) is 22.4 Å². The molecule has 6 aromatic rings. The topological polar surface area (TPSA) is 104 Å². The molecular weight excluding hydrogens is 514 g/mol. The van der Waals surface area contributed by atoms with Gasteiger partial charge in [0.15, 0.2) is 5.76 Å². The van der Waals surface area contributed by atoms with Crippen LogP contribution in [-0.4, -0.2) is 26.8 Å². The highest BCUT2D eigenvalue weighted by atomic mass is 16.3. The molecule has 0 aliphatic heterocycles. The van der Waals surface area contributed by atoms with Crippen LogP contribution in [0.15, 0.2) is 120 Å². The van der Waals surface area contributed by atoms with E-state index in [-0.39, 0.29) is 23.6 Å². The number of rotatable bonds is 8. The molecule has 1 unspecified atom stereocenters. The van der Waals surface area contributed by atoms with Gasteiger partial charge >= 0.3 is 0 Å². The molecule has 0 aliphatic carbocycles. The van der Waals surface area contributed by atoms with E-state index in [1.54, 1.807) is 35.4 Å². The Bertz CT molecular complexity index is 1760. The number of furan rings is 1. The van der Waals surface area contributed by atoms with Gasteiger partial charge in [0.05, 0.1) is 29.3 Å². The smallest absolute Gasteiger partial charge is 0.287 e. The van der Waals surface area contributed by atoms with Crippen molar-refractivity contribution in [2.45, 2.75) is 19.5 Å². The average molecular weight is 542 g/mol. The van der Waals surface area contributed by atoms with Gasteiger partial charge < -0.3 is 14.7 Å². The second kappa shape index (κ2) is 11.3. The number of benzene rings is 3. The van der Waals surface area contributed by atoms with Crippen LogP contribution in [0.1, 0.15) is 45.4 Å². The lowest BCUT2D eigenvalue weighted by atomic mass is 10.1. The highest BCUT2D eigenvalue weighted by molar-refractivity contribution is 6.06. The number of hydrogen-bond donors (Lipinski definition) is 2. The Morgan fingerprint density at radius 3 is 2.39 bits per heavy atom. The van der Waals surface area contributed by atoms with Crippen LogP contribution in [0.3, 0.4) is 0 Å². The highest BCUT2D eigenvalue weighted by Gasteiger charge is 2.27.